The third-order valence-corrected chi connectivity index (χ3v) is 3.87. The van der Waals surface area contributed by atoms with Gasteiger partial charge in [-0.2, -0.15) is 0 Å². The van der Waals surface area contributed by atoms with Crippen LogP contribution in [0.15, 0.2) is 18.2 Å². The van der Waals surface area contributed by atoms with Crippen LogP contribution >= 0.6 is 0 Å². The molecular formula is C17H24N2O3. The number of anilines is 1. The van der Waals surface area contributed by atoms with E-state index in [0.717, 1.165) is 19.3 Å². The number of nitrogens with one attached hydrogen (secondary N) is 2. The van der Waals surface area contributed by atoms with Crippen LogP contribution < -0.4 is 10.6 Å². The molecule has 1 aromatic rings. The number of hydrogen-bond acceptors (Lipinski definition) is 3. The van der Waals surface area contributed by atoms with E-state index >= 15 is 0 Å². The molecule has 5 heteroatoms. The van der Waals surface area contributed by atoms with Crippen molar-refractivity contribution in [3.63, 3.8) is 0 Å². The second-order valence-corrected chi connectivity index (χ2v) is 6.27. The second-order valence-electron chi connectivity index (χ2n) is 6.27. The predicted octanol–water partition coefficient (Wildman–Crippen LogP) is 1.64. The summed E-state index contributed by atoms with van der Waals surface area (Å²) in [5, 5.41) is 14.4. The molecule has 2 rings (SSSR count). The molecule has 1 aliphatic rings. The summed E-state index contributed by atoms with van der Waals surface area (Å²) < 4.78 is 0. The van der Waals surface area contributed by atoms with Crippen molar-refractivity contribution in [2.45, 2.75) is 45.6 Å². The number of carbonyl (C=O) groups is 2. The lowest BCUT2D eigenvalue weighted by molar-refractivity contribution is -0.136. The van der Waals surface area contributed by atoms with Gasteiger partial charge in [-0.1, -0.05) is 19.9 Å². The fraction of sp³-hybridized carbons (Fsp3) is 0.529. The molecule has 5 nitrogen and oxygen atoms in total. The molecular weight excluding hydrogens is 280 g/mol. The molecule has 0 heterocycles. The van der Waals surface area contributed by atoms with Gasteiger partial charge < -0.3 is 15.7 Å². The molecule has 0 spiro atoms. The van der Waals surface area contributed by atoms with Crippen molar-refractivity contribution < 1.29 is 14.7 Å². The lowest BCUT2D eigenvalue weighted by atomic mass is 10.0. The Kier molecular flexibility index (Phi) is 5.55. The summed E-state index contributed by atoms with van der Waals surface area (Å²) in [5.74, 6) is -1.07. The number of rotatable bonds is 5. The summed E-state index contributed by atoms with van der Waals surface area (Å²) in [7, 11) is 0. The maximum atomic E-state index is 11.9. The molecule has 3 N–H and O–H groups in total. The Bertz CT molecular complexity index is 555. The van der Waals surface area contributed by atoms with Crippen LogP contribution in [0.25, 0.3) is 0 Å². The molecule has 0 saturated heterocycles. The number of aliphatic hydroxyl groups is 1. The molecule has 0 bridgehead atoms. The van der Waals surface area contributed by atoms with Gasteiger partial charge in [-0.15, -0.1) is 0 Å². The normalized spacial score (nSPS) is 14.5. The first-order valence-corrected chi connectivity index (χ1v) is 7.84. The van der Waals surface area contributed by atoms with Crippen LogP contribution in [0.2, 0.25) is 0 Å². The number of fused-ring (bicyclic) bond motifs is 1. The Balaban J connectivity index is 1.92. The number of carbonyl (C=O) groups excluding carboxylic acids is 2. The van der Waals surface area contributed by atoms with Crippen molar-refractivity contribution in [3.8, 4) is 0 Å². The van der Waals surface area contributed by atoms with Crippen molar-refractivity contribution >= 4 is 17.5 Å². The van der Waals surface area contributed by atoms with Crippen LogP contribution in [-0.2, 0) is 22.4 Å². The molecule has 1 unspecified atom stereocenters. The summed E-state index contributed by atoms with van der Waals surface area (Å²) in [6, 6.07) is 5.38. The first-order valence-electron chi connectivity index (χ1n) is 7.84. The smallest absolute Gasteiger partial charge is 0.313 e. The van der Waals surface area contributed by atoms with Gasteiger partial charge in [-0.3, -0.25) is 9.59 Å². The minimum atomic E-state index is -0.708. The summed E-state index contributed by atoms with van der Waals surface area (Å²) in [5.41, 5.74) is 3.20. The Morgan fingerprint density at radius 3 is 2.59 bits per heavy atom. The summed E-state index contributed by atoms with van der Waals surface area (Å²) in [6.07, 6.45) is 3.87. The van der Waals surface area contributed by atoms with Gasteiger partial charge in [-0.25, -0.2) is 0 Å². The van der Waals surface area contributed by atoms with Crippen LogP contribution in [0, 0.1) is 5.92 Å². The van der Waals surface area contributed by atoms with Gasteiger partial charge in [0, 0.05) is 5.69 Å². The van der Waals surface area contributed by atoms with Crippen molar-refractivity contribution in [2.75, 3.05) is 11.9 Å². The Morgan fingerprint density at radius 2 is 1.91 bits per heavy atom. The quantitative estimate of drug-likeness (QED) is 0.724. The highest BCUT2D eigenvalue weighted by Crippen LogP contribution is 2.24. The van der Waals surface area contributed by atoms with Crippen LogP contribution in [-0.4, -0.2) is 29.6 Å². The third kappa shape index (κ3) is 4.31. The maximum absolute atomic E-state index is 11.9. The van der Waals surface area contributed by atoms with Gasteiger partial charge >= 0.3 is 11.8 Å². The van der Waals surface area contributed by atoms with E-state index in [1.54, 1.807) is 0 Å². The number of aliphatic hydroxyl groups excluding tert-OH is 1. The number of aryl methyl sites for hydroxylation is 2. The minimum absolute atomic E-state index is 0.171. The van der Waals surface area contributed by atoms with Gasteiger partial charge in [-0.05, 0) is 54.9 Å². The van der Waals surface area contributed by atoms with E-state index in [9.17, 15) is 14.7 Å². The molecule has 120 valence electrons. The third-order valence-electron chi connectivity index (χ3n) is 3.87. The monoisotopic (exact) mass is 304 g/mol. The van der Waals surface area contributed by atoms with Crippen LogP contribution in [0.3, 0.4) is 0 Å². The zero-order valence-electron chi connectivity index (χ0n) is 13.2. The van der Waals surface area contributed by atoms with E-state index in [4.69, 9.17) is 0 Å². The van der Waals surface area contributed by atoms with E-state index in [1.165, 1.54) is 11.1 Å². The van der Waals surface area contributed by atoms with E-state index in [2.05, 4.69) is 10.6 Å². The van der Waals surface area contributed by atoms with Crippen LogP contribution in [0.5, 0.6) is 0 Å². The molecule has 0 aromatic heterocycles. The first-order chi connectivity index (χ1) is 10.5. The van der Waals surface area contributed by atoms with E-state index in [0.29, 0.717) is 18.0 Å². The van der Waals surface area contributed by atoms with Gasteiger partial charge in [0.05, 0.1) is 12.6 Å². The predicted molar refractivity (Wildman–Crippen MR) is 85.6 cm³/mol. The highest BCUT2D eigenvalue weighted by molar-refractivity contribution is 6.39. The highest BCUT2D eigenvalue weighted by Gasteiger charge is 2.20. The van der Waals surface area contributed by atoms with E-state index < -0.39 is 17.9 Å². The summed E-state index contributed by atoms with van der Waals surface area (Å²) in [6.45, 7) is 3.83. The zero-order chi connectivity index (χ0) is 16.1. The standard InChI is InChI=1S/C17H24N2O3/c1-11(2)8-15(10-20)19-17(22)16(21)18-14-7-6-12-4-3-5-13(12)9-14/h6-7,9,11,15,20H,3-5,8,10H2,1-2H3,(H,18,21)(H,19,22). The SMILES string of the molecule is CC(C)CC(CO)NC(=O)C(=O)Nc1ccc2c(c1)CCC2. The Morgan fingerprint density at radius 1 is 1.18 bits per heavy atom. The average Bonchev–Trinajstić information content (AvgIpc) is 2.93. The van der Waals surface area contributed by atoms with Crippen LogP contribution in [0.4, 0.5) is 5.69 Å². The number of amides is 2. The largest absolute Gasteiger partial charge is 0.394 e. The number of benzene rings is 1. The second kappa shape index (κ2) is 7.40. The van der Waals surface area contributed by atoms with Crippen molar-refractivity contribution in [3.05, 3.63) is 29.3 Å². The molecule has 1 atom stereocenters. The Hall–Kier alpha value is -1.88. The Labute approximate surface area is 131 Å². The highest BCUT2D eigenvalue weighted by atomic mass is 16.3. The molecule has 0 saturated carbocycles. The van der Waals surface area contributed by atoms with Crippen molar-refractivity contribution in [1.29, 1.82) is 0 Å². The molecule has 1 aromatic carbocycles. The molecule has 1 aliphatic carbocycles. The van der Waals surface area contributed by atoms with Crippen molar-refractivity contribution in [1.82, 2.24) is 5.32 Å². The fourth-order valence-corrected chi connectivity index (χ4v) is 2.84. The average molecular weight is 304 g/mol. The first kappa shape index (κ1) is 16.5. The summed E-state index contributed by atoms with van der Waals surface area (Å²) in [4.78, 5) is 23.8. The molecule has 0 fully saturated rings. The molecule has 2 amide bonds. The zero-order valence-corrected chi connectivity index (χ0v) is 13.2. The van der Waals surface area contributed by atoms with Gasteiger partial charge in [0.1, 0.15) is 0 Å². The van der Waals surface area contributed by atoms with Gasteiger partial charge in [0.15, 0.2) is 0 Å². The minimum Gasteiger partial charge on any atom is -0.394 e. The van der Waals surface area contributed by atoms with E-state index in [1.807, 2.05) is 32.0 Å². The molecule has 0 radical (unpaired) electrons. The van der Waals surface area contributed by atoms with Crippen LogP contribution in [0.1, 0.15) is 37.8 Å². The van der Waals surface area contributed by atoms with Gasteiger partial charge in [0.2, 0.25) is 0 Å². The maximum Gasteiger partial charge on any atom is 0.313 e. The lowest BCUT2D eigenvalue weighted by Gasteiger charge is -2.18. The topological polar surface area (TPSA) is 78.4 Å². The van der Waals surface area contributed by atoms with Crippen molar-refractivity contribution in [2.24, 2.45) is 5.92 Å². The lowest BCUT2D eigenvalue weighted by Crippen LogP contribution is -2.44. The summed E-state index contributed by atoms with van der Waals surface area (Å²) >= 11 is 0. The molecule has 0 aliphatic heterocycles. The molecule has 22 heavy (non-hydrogen) atoms. The van der Waals surface area contributed by atoms with E-state index in [-0.39, 0.29) is 6.61 Å². The van der Waals surface area contributed by atoms with Gasteiger partial charge in [0.25, 0.3) is 0 Å². The fourth-order valence-electron chi connectivity index (χ4n) is 2.84. The number of hydrogen-bond donors (Lipinski definition) is 3.